The van der Waals surface area contributed by atoms with Gasteiger partial charge in [-0.25, -0.2) is 9.78 Å². The van der Waals surface area contributed by atoms with Gasteiger partial charge in [0.25, 0.3) is 0 Å². The quantitative estimate of drug-likeness (QED) is 0.585. The molecule has 0 atom stereocenters. The summed E-state index contributed by atoms with van der Waals surface area (Å²) in [6, 6.07) is 3.37. The van der Waals surface area contributed by atoms with Crippen molar-refractivity contribution in [2.45, 2.75) is 37.6 Å². The molecule has 0 spiro atoms. The smallest absolute Gasteiger partial charge is 0.337 e. The van der Waals surface area contributed by atoms with Crippen LogP contribution in [0.25, 0.3) is 0 Å². The van der Waals surface area contributed by atoms with E-state index in [2.05, 4.69) is 11.9 Å². The standard InChI is InChI=1S/C12H17NO2S/c1-2-3-4-5-8-16-11-7-6-10(9-13-11)12(14)15/h6-7,9H,2-5,8H2,1H3,(H,14,15). The molecule has 0 bridgehead atoms. The van der Waals surface area contributed by atoms with Crippen LogP contribution in [0.1, 0.15) is 43.0 Å². The Morgan fingerprint density at radius 2 is 2.19 bits per heavy atom. The van der Waals surface area contributed by atoms with Gasteiger partial charge in [0.2, 0.25) is 0 Å². The summed E-state index contributed by atoms with van der Waals surface area (Å²) >= 11 is 1.69. The molecular weight excluding hydrogens is 222 g/mol. The van der Waals surface area contributed by atoms with Gasteiger partial charge >= 0.3 is 5.97 Å². The van der Waals surface area contributed by atoms with Gasteiger partial charge in [-0.15, -0.1) is 11.8 Å². The largest absolute Gasteiger partial charge is 0.478 e. The van der Waals surface area contributed by atoms with Gasteiger partial charge in [-0.3, -0.25) is 0 Å². The molecule has 0 aromatic carbocycles. The summed E-state index contributed by atoms with van der Waals surface area (Å²) < 4.78 is 0. The first-order valence-corrected chi connectivity index (χ1v) is 6.54. The van der Waals surface area contributed by atoms with Crippen LogP contribution in [0.2, 0.25) is 0 Å². The number of carboxylic acids is 1. The number of carbonyl (C=O) groups is 1. The van der Waals surface area contributed by atoms with E-state index in [4.69, 9.17) is 5.11 Å². The lowest BCUT2D eigenvalue weighted by molar-refractivity contribution is 0.0696. The molecule has 1 aromatic rings. The Bertz CT molecular complexity index is 324. The third-order valence-corrected chi connectivity index (χ3v) is 3.26. The fraction of sp³-hybridized carbons (Fsp3) is 0.500. The van der Waals surface area contributed by atoms with Crippen molar-refractivity contribution >= 4 is 17.7 Å². The van der Waals surface area contributed by atoms with Crippen molar-refractivity contribution in [3.63, 3.8) is 0 Å². The van der Waals surface area contributed by atoms with Gasteiger partial charge in [-0.1, -0.05) is 26.2 Å². The van der Waals surface area contributed by atoms with Gasteiger partial charge in [-0.05, 0) is 24.3 Å². The molecule has 0 aliphatic carbocycles. The van der Waals surface area contributed by atoms with Crippen molar-refractivity contribution in [1.29, 1.82) is 0 Å². The Morgan fingerprint density at radius 3 is 2.75 bits per heavy atom. The molecule has 0 aliphatic rings. The Morgan fingerprint density at radius 1 is 1.38 bits per heavy atom. The van der Waals surface area contributed by atoms with Crippen molar-refractivity contribution in [3.8, 4) is 0 Å². The Labute approximate surface area is 100 Å². The van der Waals surface area contributed by atoms with Crippen molar-refractivity contribution in [2.24, 2.45) is 0 Å². The van der Waals surface area contributed by atoms with Crippen molar-refractivity contribution in [1.82, 2.24) is 4.98 Å². The lowest BCUT2D eigenvalue weighted by Gasteiger charge is -2.01. The minimum atomic E-state index is -0.924. The summed E-state index contributed by atoms with van der Waals surface area (Å²) in [7, 11) is 0. The number of thioether (sulfide) groups is 1. The molecule has 1 rings (SSSR count). The summed E-state index contributed by atoms with van der Waals surface area (Å²) in [6.07, 6.45) is 6.40. The summed E-state index contributed by atoms with van der Waals surface area (Å²) in [5, 5.41) is 9.61. The van der Waals surface area contributed by atoms with E-state index in [9.17, 15) is 4.79 Å². The number of hydrogen-bond acceptors (Lipinski definition) is 3. The van der Waals surface area contributed by atoms with E-state index in [0.29, 0.717) is 0 Å². The summed E-state index contributed by atoms with van der Waals surface area (Å²) in [5.74, 6) is 0.131. The van der Waals surface area contributed by atoms with E-state index in [1.54, 1.807) is 23.9 Å². The Kier molecular flexibility index (Phi) is 5.93. The van der Waals surface area contributed by atoms with Crippen molar-refractivity contribution in [3.05, 3.63) is 23.9 Å². The van der Waals surface area contributed by atoms with Crippen LogP contribution in [0.3, 0.4) is 0 Å². The Hall–Kier alpha value is -1.03. The first-order chi connectivity index (χ1) is 7.74. The number of aromatic nitrogens is 1. The first kappa shape index (κ1) is 13.0. The second kappa shape index (κ2) is 7.28. The van der Waals surface area contributed by atoms with E-state index >= 15 is 0 Å². The second-order valence-electron chi connectivity index (χ2n) is 3.60. The van der Waals surface area contributed by atoms with Gasteiger partial charge in [0.15, 0.2) is 0 Å². The summed E-state index contributed by atoms with van der Waals surface area (Å²) in [6.45, 7) is 2.19. The molecule has 0 aliphatic heterocycles. The second-order valence-corrected chi connectivity index (χ2v) is 4.71. The summed E-state index contributed by atoms with van der Waals surface area (Å²) in [5.41, 5.74) is 0.246. The number of aromatic carboxylic acids is 1. The fourth-order valence-corrected chi connectivity index (χ4v) is 2.15. The maximum Gasteiger partial charge on any atom is 0.337 e. The highest BCUT2D eigenvalue weighted by atomic mass is 32.2. The van der Waals surface area contributed by atoms with E-state index in [-0.39, 0.29) is 5.56 Å². The molecule has 0 amide bonds. The van der Waals surface area contributed by atoms with Crippen LogP contribution in [0.15, 0.2) is 23.4 Å². The van der Waals surface area contributed by atoms with Gasteiger partial charge in [0.1, 0.15) is 0 Å². The molecule has 1 heterocycles. The average molecular weight is 239 g/mol. The lowest BCUT2D eigenvalue weighted by atomic mass is 10.2. The maximum absolute atomic E-state index is 10.6. The first-order valence-electron chi connectivity index (χ1n) is 5.56. The van der Waals surface area contributed by atoms with Crippen LogP contribution >= 0.6 is 11.8 Å². The van der Waals surface area contributed by atoms with Gasteiger partial charge in [-0.2, -0.15) is 0 Å². The van der Waals surface area contributed by atoms with Crippen LogP contribution in [0.4, 0.5) is 0 Å². The van der Waals surface area contributed by atoms with Crippen LogP contribution in [-0.4, -0.2) is 21.8 Å². The maximum atomic E-state index is 10.6. The van der Waals surface area contributed by atoms with E-state index < -0.39 is 5.97 Å². The highest BCUT2D eigenvalue weighted by molar-refractivity contribution is 7.99. The molecule has 0 unspecified atom stereocenters. The number of unbranched alkanes of at least 4 members (excludes halogenated alkanes) is 3. The molecule has 0 radical (unpaired) electrons. The fourth-order valence-electron chi connectivity index (χ4n) is 1.30. The highest BCUT2D eigenvalue weighted by Crippen LogP contribution is 2.17. The summed E-state index contributed by atoms with van der Waals surface area (Å²) in [4.78, 5) is 14.7. The third-order valence-electron chi connectivity index (χ3n) is 2.23. The molecule has 0 fully saturated rings. The van der Waals surface area contributed by atoms with E-state index in [1.165, 1.54) is 31.9 Å². The van der Waals surface area contributed by atoms with Crippen LogP contribution in [-0.2, 0) is 0 Å². The minimum Gasteiger partial charge on any atom is -0.478 e. The van der Waals surface area contributed by atoms with Gasteiger partial charge in [0, 0.05) is 6.20 Å². The molecule has 1 aromatic heterocycles. The van der Waals surface area contributed by atoms with E-state index in [1.807, 2.05) is 0 Å². The average Bonchev–Trinajstić information content (AvgIpc) is 2.29. The lowest BCUT2D eigenvalue weighted by Crippen LogP contribution is -1.96. The van der Waals surface area contributed by atoms with Crippen LogP contribution < -0.4 is 0 Å². The van der Waals surface area contributed by atoms with Crippen molar-refractivity contribution in [2.75, 3.05) is 5.75 Å². The van der Waals surface area contributed by atoms with Crippen molar-refractivity contribution < 1.29 is 9.90 Å². The van der Waals surface area contributed by atoms with Gasteiger partial charge in [0.05, 0.1) is 10.6 Å². The highest BCUT2D eigenvalue weighted by Gasteiger charge is 2.02. The normalized spacial score (nSPS) is 10.3. The Balaban J connectivity index is 2.29. The zero-order chi connectivity index (χ0) is 11.8. The van der Waals surface area contributed by atoms with Crippen LogP contribution in [0, 0.1) is 0 Å². The number of pyridine rings is 1. The monoisotopic (exact) mass is 239 g/mol. The molecular formula is C12H17NO2S. The molecule has 4 heteroatoms. The molecule has 88 valence electrons. The van der Waals surface area contributed by atoms with Crippen LogP contribution in [0.5, 0.6) is 0 Å². The zero-order valence-electron chi connectivity index (χ0n) is 9.48. The predicted molar refractivity (Wildman–Crippen MR) is 66.1 cm³/mol. The predicted octanol–water partition coefficient (Wildman–Crippen LogP) is 3.45. The zero-order valence-corrected chi connectivity index (χ0v) is 10.3. The molecule has 3 nitrogen and oxygen atoms in total. The van der Waals surface area contributed by atoms with Gasteiger partial charge < -0.3 is 5.11 Å². The topological polar surface area (TPSA) is 50.2 Å². The SMILES string of the molecule is CCCCCCSc1ccc(C(=O)O)cn1. The molecule has 0 saturated heterocycles. The third kappa shape index (κ3) is 4.66. The number of carboxylic acid groups (broad SMARTS) is 1. The van der Waals surface area contributed by atoms with E-state index in [0.717, 1.165) is 10.8 Å². The molecule has 0 saturated carbocycles. The number of rotatable bonds is 7. The number of hydrogen-bond donors (Lipinski definition) is 1. The molecule has 16 heavy (non-hydrogen) atoms. The minimum absolute atomic E-state index is 0.246. The molecule has 1 N–H and O–H groups in total. The number of nitrogens with zero attached hydrogens (tertiary/aromatic N) is 1.